The first-order valence-corrected chi connectivity index (χ1v) is 5.42. The molecule has 0 saturated carbocycles. The molecule has 1 aliphatic heterocycles. The molecular weight excluding hydrogens is 178 g/mol. The average molecular weight is 199 g/mol. The third kappa shape index (κ3) is 2.47. The van der Waals surface area contributed by atoms with Crippen molar-refractivity contribution in [2.24, 2.45) is 0 Å². The maximum atomic E-state index is 11.6. The zero-order valence-corrected chi connectivity index (χ0v) is 9.51. The lowest BCUT2D eigenvalue weighted by Gasteiger charge is -2.35. The number of hydrogen-bond donors (Lipinski definition) is 0. The van der Waals surface area contributed by atoms with Crippen molar-refractivity contribution in [2.75, 3.05) is 20.2 Å². The highest BCUT2D eigenvalue weighted by Crippen LogP contribution is 2.21. The minimum absolute atomic E-state index is 0.126. The van der Waals surface area contributed by atoms with E-state index in [0.717, 1.165) is 13.1 Å². The number of methoxy groups -OCH3 is 1. The topological polar surface area (TPSA) is 29.5 Å². The van der Waals surface area contributed by atoms with Gasteiger partial charge in [0.25, 0.3) is 0 Å². The van der Waals surface area contributed by atoms with Crippen molar-refractivity contribution in [3.63, 3.8) is 0 Å². The Morgan fingerprint density at radius 3 is 2.07 bits per heavy atom. The zero-order chi connectivity index (χ0) is 10.6. The Morgan fingerprint density at radius 2 is 1.64 bits per heavy atom. The number of hydrogen-bond acceptors (Lipinski definition) is 3. The van der Waals surface area contributed by atoms with Gasteiger partial charge in [0.2, 0.25) is 0 Å². The summed E-state index contributed by atoms with van der Waals surface area (Å²) in [6, 6.07) is 0. The number of rotatable bonds is 2. The molecule has 0 aromatic rings. The lowest BCUT2D eigenvalue weighted by Crippen LogP contribution is -2.51. The first-order valence-electron chi connectivity index (χ1n) is 5.42. The van der Waals surface area contributed by atoms with E-state index in [0.29, 0.717) is 0 Å². The van der Waals surface area contributed by atoms with Crippen LogP contribution in [0.3, 0.4) is 0 Å². The van der Waals surface area contributed by atoms with Crippen molar-refractivity contribution in [1.29, 1.82) is 0 Å². The predicted octanol–water partition coefficient (Wildman–Crippen LogP) is 1.81. The summed E-state index contributed by atoms with van der Waals surface area (Å²) in [5, 5.41) is 0. The Hall–Kier alpha value is -0.570. The third-order valence-electron chi connectivity index (χ3n) is 3.08. The van der Waals surface area contributed by atoms with Crippen LogP contribution >= 0.6 is 0 Å². The summed E-state index contributed by atoms with van der Waals surface area (Å²) in [4.78, 5) is 13.8. The SMILES string of the molecule is COC(=O)C(C)(C)N1CCCCCC1. The number of ether oxygens (including phenoxy) is 1. The van der Waals surface area contributed by atoms with E-state index in [1.165, 1.54) is 32.8 Å². The smallest absolute Gasteiger partial charge is 0.325 e. The fraction of sp³-hybridized carbons (Fsp3) is 0.909. The zero-order valence-electron chi connectivity index (χ0n) is 9.51. The van der Waals surface area contributed by atoms with Crippen molar-refractivity contribution < 1.29 is 9.53 Å². The quantitative estimate of drug-likeness (QED) is 0.635. The summed E-state index contributed by atoms with van der Waals surface area (Å²) in [6.07, 6.45) is 4.96. The van der Waals surface area contributed by atoms with Gasteiger partial charge in [-0.05, 0) is 39.8 Å². The van der Waals surface area contributed by atoms with Gasteiger partial charge in [0.05, 0.1) is 7.11 Å². The highest BCUT2D eigenvalue weighted by molar-refractivity contribution is 5.79. The number of esters is 1. The average Bonchev–Trinajstić information content (AvgIpc) is 2.44. The fourth-order valence-corrected chi connectivity index (χ4v) is 2.01. The van der Waals surface area contributed by atoms with Crippen LogP contribution < -0.4 is 0 Å². The summed E-state index contributed by atoms with van der Waals surface area (Å²) in [6.45, 7) is 5.93. The summed E-state index contributed by atoms with van der Waals surface area (Å²) in [5.41, 5.74) is -0.459. The van der Waals surface area contributed by atoms with Gasteiger partial charge in [-0.2, -0.15) is 0 Å². The normalized spacial score (nSPS) is 20.2. The standard InChI is InChI=1S/C11H21NO2/c1-11(2,10(13)14-3)12-8-6-4-5-7-9-12/h4-9H2,1-3H3. The second-order valence-electron chi connectivity index (χ2n) is 4.45. The molecule has 0 aromatic carbocycles. The monoisotopic (exact) mass is 199 g/mol. The van der Waals surface area contributed by atoms with E-state index in [9.17, 15) is 4.79 Å². The maximum absolute atomic E-state index is 11.6. The van der Waals surface area contributed by atoms with Crippen LogP contribution in [0.2, 0.25) is 0 Å². The first kappa shape index (κ1) is 11.5. The largest absolute Gasteiger partial charge is 0.468 e. The molecule has 0 aliphatic carbocycles. The van der Waals surface area contributed by atoms with Gasteiger partial charge in [-0.25, -0.2) is 0 Å². The lowest BCUT2D eigenvalue weighted by molar-refractivity contribution is -0.153. The van der Waals surface area contributed by atoms with Gasteiger partial charge < -0.3 is 4.74 Å². The molecule has 0 atom stereocenters. The molecule has 3 nitrogen and oxygen atoms in total. The van der Waals surface area contributed by atoms with Gasteiger partial charge in [-0.1, -0.05) is 12.8 Å². The molecule has 0 N–H and O–H groups in total. The molecule has 0 bridgehead atoms. The van der Waals surface area contributed by atoms with Crippen molar-refractivity contribution >= 4 is 5.97 Å². The van der Waals surface area contributed by atoms with Crippen LogP contribution in [0.25, 0.3) is 0 Å². The molecule has 1 saturated heterocycles. The number of likely N-dealkylation sites (tertiary alicyclic amines) is 1. The number of carbonyl (C=O) groups is 1. The Balaban J connectivity index is 2.63. The number of carbonyl (C=O) groups excluding carboxylic acids is 1. The van der Waals surface area contributed by atoms with Gasteiger partial charge >= 0.3 is 5.97 Å². The predicted molar refractivity (Wildman–Crippen MR) is 56.1 cm³/mol. The molecule has 1 aliphatic rings. The highest BCUT2D eigenvalue weighted by Gasteiger charge is 2.35. The van der Waals surface area contributed by atoms with Crippen LogP contribution in [0.4, 0.5) is 0 Å². The first-order chi connectivity index (χ1) is 6.59. The van der Waals surface area contributed by atoms with E-state index >= 15 is 0 Å². The van der Waals surface area contributed by atoms with Crippen LogP contribution in [-0.4, -0.2) is 36.6 Å². The Bertz CT molecular complexity index is 193. The number of nitrogens with zero attached hydrogens (tertiary/aromatic N) is 1. The summed E-state index contributed by atoms with van der Waals surface area (Å²) >= 11 is 0. The third-order valence-corrected chi connectivity index (χ3v) is 3.08. The molecule has 0 radical (unpaired) electrons. The molecule has 0 aromatic heterocycles. The molecule has 1 heterocycles. The maximum Gasteiger partial charge on any atom is 0.325 e. The van der Waals surface area contributed by atoms with Crippen molar-refractivity contribution in [3.05, 3.63) is 0 Å². The van der Waals surface area contributed by atoms with Crippen LogP contribution in [-0.2, 0) is 9.53 Å². The van der Waals surface area contributed by atoms with E-state index < -0.39 is 5.54 Å². The minimum Gasteiger partial charge on any atom is -0.468 e. The molecule has 0 amide bonds. The molecule has 1 rings (SSSR count). The van der Waals surface area contributed by atoms with E-state index in [4.69, 9.17) is 4.74 Å². The molecule has 82 valence electrons. The Kier molecular flexibility index (Phi) is 3.93. The Morgan fingerprint density at radius 1 is 1.14 bits per heavy atom. The Labute approximate surface area is 86.4 Å². The molecule has 3 heteroatoms. The molecule has 1 fully saturated rings. The van der Waals surface area contributed by atoms with Gasteiger partial charge in [-0.15, -0.1) is 0 Å². The lowest BCUT2D eigenvalue weighted by atomic mass is 10.0. The van der Waals surface area contributed by atoms with Crippen LogP contribution in [0.5, 0.6) is 0 Å². The summed E-state index contributed by atoms with van der Waals surface area (Å²) in [7, 11) is 1.46. The molecular formula is C11H21NO2. The second kappa shape index (κ2) is 4.78. The van der Waals surface area contributed by atoms with Crippen LogP contribution in [0.1, 0.15) is 39.5 Å². The van der Waals surface area contributed by atoms with Gasteiger partial charge in [0.15, 0.2) is 0 Å². The minimum atomic E-state index is -0.459. The van der Waals surface area contributed by atoms with Crippen molar-refractivity contribution in [3.8, 4) is 0 Å². The fourth-order valence-electron chi connectivity index (χ4n) is 2.01. The van der Waals surface area contributed by atoms with E-state index in [1.54, 1.807) is 0 Å². The van der Waals surface area contributed by atoms with Gasteiger partial charge in [0.1, 0.15) is 5.54 Å². The van der Waals surface area contributed by atoms with E-state index in [1.807, 2.05) is 13.8 Å². The van der Waals surface area contributed by atoms with Gasteiger partial charge in [-0.3, -0.25) is 9.69 Å². The molecule has 0 unspecified atom stereocenters. The summed E-state index contributed by atoms with van der Waals surface area (Å²) in [5.74, 6) is -0.126. The van der Waals surface area contributed by atoms with E-state index in [2.05, 4.69) is 4.90 Å². The van der Waals surface area contributed by atoms with Crippen molar-refractivity contribution in [2.45, 2.75) is 45.1 Å². The van der Waals surface area contributed by atoms with Crippen LogP contribution in [0, 0.1) is 0 Å². The van der Waals surface area contributed by atoms with Crippen LogP contribution in [0.15, 0.2) is 0 Å². The van der Waals surface area contributed by atoms with Crippen molar-refractivity contribution in [1.82, 2.24) is 4.90 Å². The summed E-state index contributed by atoms with van der Waals surface area (Å²) < 4.78 is 4.83. The van der Waals surface area contributed by atoms with E-state index in [-0.39, 0.29) is 5.97 Å². The van der Waals surface area contributed by atoms with Gasteiger partial charge in [0, 0.05) is 0 Å². The second-order valence-corrected chi connectivity index (χ2v) is 4.45. The molecule has 0 spiro atoms. The molecule has 14 heavy (non-hydrogen) atoms. The highest BCUT2D eigenvalue weighted by atomic mass is 16.5.